The Labute approximate surface area is 131 Å². The van der Waals surface area contributed by atoms with Crippen LogP contribution in [0.15, 0.2) is 36.8 Å². The first-order valence-corrected chi connectivity index (χ1v) is 7.53. The van der Waals surface area contributed by atoms with Gasteiger partial charge in [0.2, 0.25) is 0 Å². The number of rotatable bonds is 4. The molecule has 0 atom stereocenters. The van der Waals surface area contributed by atoms with Crippen LogP contribution in [0.1, 0.15) is 0 Å². The molecule has 2 amide bonds. The lowest BCUT2D eigenvalue weighted by Crippen LogP contribution is -2.31. The number of fused-ring (bicyclic) bond motifs is 1. The van der Waals surface area contributed by atoms with E-state index in [1.165, 1.54) is 12.1 Å². The normalized spacial score (nSPS) is 14.7. The van der Waals surface area contributed by atoms with Crippen LogP contribution < -0.4 is 5.32 Å². The van der Waals surface area contributed by atoms with Crippen LogP contribution in [0.4, 0.5) is 9.18 Å². The van der Waals surface area contributed by atoms with Crippen molar-refractivity contribution in [3.05, 3.63) is 42.6 Å². The fourth-order valence-corrected chi connectivity index (χ4v) is 2.91. The number of halogens is 1. The van der Waals surface area contributed by atoms with E-state index in [9.17, 15) is 9.18 Å². The third-order valence-electron chi connectivity index (χ3n) is 4.13. The van der Waals surface area contributed by atoms with Crippen molar-refractivity contribution < 1.29 is 9.18 Å². The van der Waals surface area contributed by atoms with Crippen LogP contribution in [0, 0.1) is 5.82 Å². The van der Waals surface area contributed by atoms with Crippen molar-refractivity contribution in [2.45, 2.75) is 6.54 Å². The number of aromatic amines is 1. The molecule has 0 bridgehead atoms. The molecule has 1 aromatic carbocycles. The van der Waals surface area contributed by atoms with Crippen molar-refractivity contribution in [1.82, 2.24) is 25.0 Å². The second-order valence-corrected chi connectivity index (χ2v) is 5.60. The Morgan fingerprint density at radius 2 is 2.22 bits per heavy atom. The molecule has 0 spiro atoms. The minimum atomic E-state index is -0.259. The van der Waals surface area contributed by atoms with Gasteiger partial charge in [-0.05, 0) is 18.2 Å². The molecule has 6 nitrogen and oxygen atoms in total. The smallest absolute Gasteiger partial charge is 0.317 e. The number of carbonyl (C=O) groups is 1. The lowest BCUT2D eigenvalue weighted by atomic mass is 10.1. The quantitative estimate of drug-likeness (QED) is 0.775. The highest BCUT2D eigenvalue weighted by Crippen LogP contribution is 2.28. The average molecular weight is 313 g/mol. The predicted octanol–water partition coefficient (Wildman–Crippen LogP) is 2.20. The number of nitrogens with one attached hydrogen (secondary N) is 2. The zero-order valence-electron chi connectivity index (χ0n) is 12.4. The molecule has 118 valence electrons. The van der Waals surface area contributed by atoms with Gasteiger partial charge in [-0.3, -0.25) is 4.68 Å². The molecule has 1 saturated heterocycles. The number of hydrogen-bond acceptors (Lipinski definition) is 2. The first kappa shape index (κ1) is 13.8. The van der Waals surface area contributed by atoms with Crippen molar-refractivity contribution in [3.8, 4) is 11.1 Å². The summed E-state index contributed by atoms with van der Waals surface area (Å²) in [6, 6.07) is 4.68. The summed E-state index contributed by atoms with van der Waals surface area (Å²) in [7, 11) is 0. The highest BCUT2D eigenvalue weighted by molar-refractivity contribution is 5.95. The lowest BCUT2D eigenvalue weighted by Gasteiger charge is -2.13. The van der Waals surface area contributed by atoms with Crippen LogP contribution in [-0.2, 0) is 6.54 Å². The number of urea groups is 1. The molecule has 0 saturated carbocycles. The second-order valence-electron chi connectivity index (χ2n) is 5.60. The summed E-state index contributed by atoms with van der Waals surface area (Å²) < 4.78 is 15.1. The van der Waals surface area contributed by atoms with Gasteiger partial charge >= 0.3 is 6.03 Å². The first-order chi connectivity index (χ1) is 11.2. The van der Waals surface area contributed by atoms with E-state index < -0.39 is 0 Å². The average Bonchev–Trinajstić information content (AvgIpc) is 3.24. The first-order valence-electron chi connectivity index (χ1n) is 7.53. The van der Waals surface area contributed by atoms with E-state index in [0.717, 1.165) is 28.6 Å². The molecule has 3 aromatic rings. The van der Waals surface area contributed by atoms with Gasteiger partial charge in [0, 0.05) is 54.1 Å². The number of carbonyl (C=O) groups excluding carboxylic acids is 1. The third-order valence-corrected chi connectivity index (χ3v) is 4.13. The molecule has 0 unspecified atom stereocenters. The molecule has 7 heteroatoms. The molecule has 1 fully saturated rings. The van der Waals surface area contributed by atoms with E-state index in [1.54, 1.807) is 17.2 Å². The topological polar surface area (TPSA) is 66.0 Å². The van der Waals surface area contributed by atoms with E-state index in [2.05, 4.69) is 15.4 Å². The lowest BCUT2D eigenvalue weighted by molar-refractivity contribution is 0.215. The Bertz CT molecular complexity index is 868. The molecule has 4 rings (SSSR count). The van der Waals surface area contributed by atoms with Gasteiger partial charge in [-0.25, -0.2) is 9.18 Å². The molecule has 0 aliphatic carbocycles. The van der Waals surface area contributed by atoms with Gasteiger partial charge in [0.25, 0.3) is 0 Å². The van der Waals surface area contributed by atoms with Crippen LogP contribution in [0.2, 0.25) is 0 Å². The highest BCUT2D eigenvalue weighted by Gasteiger charge is 2.18. The fraction of sp³-hybridized carbons (Fsp3) is 0.250. The number of benzene rings is 1. The maximum absolute atomic E-state index is 13.3. The molecule has 3 heterocycles. The summed E-state index contributed by atoms with van der Waals surface area (Å²) in [6.07, 6.45) is 5.59. The third kappa shape index (κ3) is 2.54. The van der Waals surface area contributed by atoms with Crippen LogP contribution in [0.3, 0.4) is 0 Å². The second kappa shape index (κ2) is 5.42. The highest BCUT2D eigenvalue weighted by atomic mass is 19.1. The Kier molecular flexibility index (Phi) is 3.25. The van der Waals surface area contributed by atoms with Gasteiger partial charge < -0.3 is 15.2 Å². The van der Waals surface area contributed by atoms with Crippen LogP contribution in [0.25, 0.3) is 22.0 Å². The summed E-state index contributed by atoms with van der Waals surface area (Å²) >= 11 is 0. The van der Waals surface area contributed by atoms with Gasteiger partial charge in [0.1, 0.15) is 5.82 Å². The molecular weight excluding hydrogens is 297 g/mol. The number of H-pyrrole nitrogens is 1. The Balaban J connectivity index is 1.53. The van der Waals surface area contributed by atoms with Gasteiger partial charge in [-0.15, -0.1) is 0 Å². The number of hydrogen-bond donors (Lipinski definition) is 2. The van der Waals surface area contributed by atoms with Crippen molar-refractivity contribution in [3.63, 3.8) is 0 Å². The molecule has 23 heavy (non-hydrogen) atoms. The standard InChI is InChI=1S/C16H16FN5O/c17-12-1-2-13-14(9-19-15(13)7-12)11-8-20-22(10-11)6-5-21-4-3-18-16(21)23/h1-2,7-10,19H,3-6H2,(H,18,23). The van der Waals surface area contributed by atoms with Crippen molar-refractivity contribution >= 4 is 16.9 Å². The molecular formula is C16H16FN5O. The van der Waals surface area contributed by atoms with Crippen LogP contribution in [0.5, 0.6) is 0 Å². The summed E-state index contributed by atoms with van der Waals surface area (Å²) in [5.41, 5.74) is 2.72. The van der Waals surface area contributed by atoms with Crippen molar-refractivity contribution in [1.29, 1.82) is 0 Å². The summed E-state index contributed by atoms with van der Waals surface area (Å²) in [6.45, 7) is 2.71. The molecule has 2 N–H and O–H groups in total. The number of nitrogens with zero attached hydrogens (tertiary/aromatic N) is 3. The van der Waals surface area contributed by atoms with E-state index in [4.69, 9.17) is 0 Å². The van der Waals surface area contributed by atoms with Crippen molar-refractivity contribution in [2.24, 2.45) is 0 Å². The molecule has 1 aliphatic heterocycles. The zero-order valence-corrected chi connectivity index (χ0v) is 12.4. The molecule has 2 aromatic heterocycles. The Hall–Kier alpha value is -2.83. The summed E-state index contributed by atoms with van der Waals surface area (Å²) in [4.78, 5) is 16.4. The number of aromatic nitrogens is 3. The van der Waals surface area contributed by atoms with Crippen LogP contribution in [-0.4, -0.2) is 45.3 Å². The van der Waals surface area contributed by atoms with Crippen molar-refractivity contribution in [2.75, 3.05) is 19.6 Å². The van der Waals surface area contributed by atoms with E-state index in [-0.39, 0.29) is 11.8 Å². The SMILES string of the molecule is O=C1NCCN1CCn1cc(-c2c[nH]c3cc(F)ccc23)cn1. The maximum Gasteiger partial charge on any atom is 0.317 e. The Morgan fingerprint density at radius 3 is 3.04 bits per heavy atom. The number of amides is 2. The van der Waals surface area contributed by atoms with Gasteiger partial charge in [0.15, 0.2) is 0 Å². The largest absolute Gasteiger partial charge is 0.360 e. The monoisotopic (exact) mass is 313 g/mol. The van der Waals surface area contributed by atoms with E-state index in [1.807, 2.05) is 17.1 Å². The van der Waals surface area contributed by atoms with Gasteiger partial charge in [-0.2, -0.15) is 5.10 Å². The van der Waals surface area contributed by atoms with Gasteiger partial charge in [-0.1, -0.05) is 0 Å². The fourth-order valence-electron chi connectivity index (χ4n) is 2.91. The minimum absolute atomic E-state index is 0.0176. The van der Waals surface area contributed by atoms with E-state index >= 15 is 0 Å². The minimum Gasteiger partial charge on any atom is -0.360 e. The maximum atomic E-state index is 13.3. The molecule has 1 aliphatic rings. The summed E-state index contributed by atoms with van der Waals surface area (Å²) in [5.74, 6) is -0.259. The zero-order chi connectivity index (χ0) is 15.8. The van der Waals surface area contributed by atoms with E-state index in [0.29, 0.717) is 19.6 Å². The Morgan fingerprint density at radius 1 is 1.30 bits per heavy atom. The van der Waals surface area contributed by atoms with Crippen LogP contribution >= 0.6 is 0 Å². The predicted molar refractivity (Wildman–Crippen MR) is 84.4 cm³/mol. The van der Waals surface area contributed by atoms with Gasteiger partial charge in [0.05, 0.1) is 12.7 Å². The summed E-state index contributed by atoms with van der Waals surface area (Å²) in [5, 5.41) is 8.10. The molecule has 0 radical (unpaired) electrons.